The van der Waals surface area contributed by atoms with Gasteiger partial charge >= 0.3 is 0 Å². The van der Waals surface area contributed by atoms with Crippen LogP contribution in [0.25, 0.3) is 0 Å². The Morgan fingerprint density at radius 2 is 1.47 bits per heavy atom. The van der Waals surface area contributed by atoms with Gasteiger partial charge < -0.3 is 10.2 Å². The van der Waals surface area contributed by atoms with Crippen LogP contribution in [0.15, 0.2) is 114 Å². The molecule has 0 aromatic heterocycles. The standard InChI is InChI=1S/C33H33FIN3O4S/c1-2-21-36-33(40)31(22-25-11-5-3-6-12-25)37(23-26-13-9-10-16-30(26)34)32(39)24-38(28-19-17-27(35)18-20-28)43(41,42)29-14-7-4-8-15-29/h3-20,31H,2,21-24H2,1H3,(H,36,40)/t31-/m1/s1. The Morgan fingerprint density at radius 3 is 2.09 bits per heavy atom. The molecule has 0 heterocycles. The number of nitrogens with zero attached hydrogens (tertiary/aromatic N) is 2. The first-order valence-corrected chi connectivity index (χ1v) is 16.4. The smallest absolute Gasteiger partial charge is 0.264 e. The van der Waals surface area contributed by atoms with Crippen LogP contribution in [-0.2, 0) is 32.6 Å². The van der Waals surface area contributed by atoms with Crippen LogP contribution < -0.4 is 9.62 Å². The van der Waals surface area contributed by atoms with Gasteiger partial charge in [-0.1, -0.05) is 73.7 Å². The molecule has 0 bridgehead atoms. The number of amides is 2. The van der Waals surface area contributed by atoms with Gasteiger partial charge in [-0.15, -0.1) is 0 Å². The van der Waals surface area contributed by atoms with Gasteiger partial charge in [0.1, 0.15) is 18.4 Å². The van der Waals surface area contributed by atoms with E-state index in [1.807, 2.05) is 37.3 Å². The number of carbonyl (C=O) groups excluding carboxylic acids is 2. The fourth-order valence-electron chi connectivity index (χ4n) is 4.59. The molecular formula is C33H33FIN3O4S. The predicted octanol–water partition coefficient (Wildman–Crippen LogP) is 5.79. The summed E-state index contributed by atoms with van der Waals surface area (Å²) in [6.45, 7) is 1.48. The van der Waals surface area contributed by atoms with Crippen LogP contribution in [-0.4, -0.2) is 44.3 Å². The van der Waals surface area contributed by atoms with Gasteiger partial charge in [0.25, 0.3) is 10.0 Å². The Balaban J connectivity index is 1.79. The van der Waals surface area contributed by atoms with Gasteiger partial charge in [0.15, 0.2) is 0 Å². The van der Waals surface area contributed by atoms with Crippen molar-refractivity contribution in [3.63, 3.8) is 0 Å². The number of nitrogens with one attached hydrogen (secondary N) is 1. The molecule has 4 rings (SSSR count). The van der Waals surface area contributed by atoms with Gasteiger partial charge in [-0.2, -0.15) is 0 Å². The molecule has 10 heteroatoms. The van der Waals surface area contributed by atoms with Crippen LogP contribution >= 0.6 is 22.6 Å². The third-order valence-corrected chi connectivity index (χ3v) is 9.35. The van der Waals surface area contributed by atoms with Crippen molar-refractivity contribution in [1.82, 2.24) is 10.2 Å². The molecular weight excluding hydrogens is 680 g/mol. The maximum atomic E-state index is 14.9. The van der Waals surface area contributed by atoms with Gasteiger partial charge in [0.05, 0.1) is 10.6 Å². The molecule has 2 amide bonds. The third-order valence-electron chi connectivity index (χ3n) is 6.84. The van der Waals surface area contributed by atoms with Gasteiger partial charge in [-0.3, -0.25) is 13.9 Å². The zero-order valence-electron chi connectivity index (χ0n) is 23.7. The van der Waals surface area contributed by atoms with Crippen LogP contribution in [0.1, 0.15) is 24.5 Å². The average Bonchev–Trinajstić information content (AvgIpc) is 3.02. The molecule has 0 radical (unpaired) electrons. The lowest BCUT2D eigenvalue weighted by Gasteiger charge is -2.34. The second-order valence-corrected chi connectivity index (χ2v) is 13.0. The second kappa shape index (κ2) is 15.1. The molecule has 0 saturated carbocycles. The number of sulfonamides is 1. The second-order valence-electron chi connectivity index (χ2n) is 9.91. The van der Waals surface area contributed by atoms with E-state index in [4.69, 9.17) is 0 Å². The van der Waals surface area contributed by atoms with Crippen molar-refractivity contribution in [3.8, 4) is 0 Å². The first-order valence-electron chi connectivity index (χ1n) is 13.9. The van der Waals surface area contributed by atoms with Crippen molar-refractivity contribution in [2.75, 3.05) is 17.4 Å². The molecule has 0 spiro atoms. The number of rotatable bonds is 13. The maximum Gasteiger partial charge on any atom is 0.264 e. The van der Waals surface area contributed by atoms with E-state index >= 15 is 0 Å². The minimum Gasteiger partial charge on any atom is -0.354 e. The highest BCUT2D eigenvalue weighted by Gasteiger charge is 2.34. The molecule has 0 aliphatic rings. The molecule has 4 aromatic carbocycles. The summed E-state index contributed by atoms with van der Waals surface area (Å²) >= 11 is 2.12. The fraction of sp³-hybridized carbons (Fsp3) is 0.212. The van der Waals surface area contributed by atoms with Gasteiger partial charge in [-0.25, -0.2) is 12.8 Å². The highest BCUT2D eigenvalue weighted by molar-refractivity contribution is 14.1. The van der Waals surface area contributed by atoms with Gasteiger partial charge in [0, 0.05) is 28.6 Å². The number of hydrogen-bond donors (Lipinski definition) is 1. The Labute approximate surface area is 265 Å². The van der Waals surface area contributed by atoms with Crippen LogP contribution in [0.5, 0.6) is 0 Å². The van der Waals surface area contributed by atoms with E-state index in [1.165, 1.54) is 23.1 Å². The SMILES string of the molecule is CCCNC(=O)[C@@H](Cc1ccccc1)N(Cc1ccccc1F)C(=O)CN(c1ccc(I)cc1)S(=O)(=O)c1ccccc1. The van der Waals surface area contributed by atoms with Crippen molar-refractivity contribution < 1.29 is 22.4 Å². The summed E-state index contributed by atoms with van der Waals surface area (Å²) < 4.78 is 44.7. The zero-order valence-corrected chi connectivity index (χ0v) is 26.7. The number of anilines is 1. The summed E-state index contributed by atoms with van der Waals surface area (Å²) in [5, 5.41) is 2.88. The number of carbonyl (C=O) groups is 2. The molecule has 1 atom stereocenters. The van der Waals surface area contributed by atoms with E-state index in [2.05, 4.69) is 27.9 Å². The summed E-state index contributed by atoms with van der Waals surface area (Å²) in [5.74, 6) is -1.57. The summed E-state index contributed by atoms with van der Waals surface area (Å²) in [6.07, 6.45) is 0.840. The molecule has 0 unspecified atom stereocenters. The predicted molar refractivity (Wildman–Crippen MR) is 174 cm³/mol. The van der Waals surface area contributed by atoms with E-state index < -0.39 is 40.2 Å². The lowest BCUT2D eigenvalue weighted by Crippen LogP contribution is -2.53. The van der Waals surface area contributed by atoms with Gasteiger partial charge in [0.2, 0.25) is 11.8 Å². The maximum absolute atomic E-state index is 14.9. The highest BCUT2D eigenvalue weighted by atomic mass is 127. The summed E-state index contributed by atoms with van der Waals surface area (Å²) in [7, 11) is -4.19. The first kappa shape index (κ1) is 32.2. The molecule has 43 heavy (non-hydrogen) atoms. The largest absolute Gasteiger partial charge is 0.354 e. The minimum atomic E-state index is -4.19. The molecule has 0 fully saturated rings. The van der Waals surface area contributed by atoms with Crippen molar-refractivity contribution in [2.45, 2.75) is 37.2 Å². The van der Waals surface area contributed by atoms with Gasteiger partial charge in [-0.05, 0) is 77.0 Å². The summed E-state index contributed by atoms with van der Waals surface area (Å²) in [6, 6.07) is 28.9. The van der Waals surface area contributed by atoms with Crippen LogP contribution in [0.2, 0.25) is 0 Å². The number of hydrogen-bond acceptors (Lipinski definition) is 4. The number of benzene rings is 4. The molecule has 0 aliphatic heterocycles. The Hall–Kier alpha value is -3.77. The topological polar surface area (TPSA) is 86.8 Å². The Morgan fingerprint density at radius 1 is 0.860 bits per heavy atom. The van der Waals surface area contributed by atoms with Crippen LogP contribution in [0, 0.1) is 9.39 Å². The zero-order chi connectivity index (χ0) is 30.8. The Kier molecular flexibility index (Phi) is 11.3. The van der Waals surface area contributed by atoms with E-state index in [0.717, 1.165) is 13.4 Å². The van der Waals surface area contributed by atoms with Crippen LogP contribution in [0.3, 0.4) is 0 Å². The molecule has 4 aromatic rings. The lowest BCUT2D eigenvalue weighted by molar-refractivity contribution is -0.140. The lowest BCUT2D eigenvalue weighted by atomic mass is 10.0. The van der Waals surface area contributed by atoms with E-state index in [1.54, 1.807) is 60.7 Å². The molecule has 7 nitrogen and oxygen atoms in total. The quantitative estimate of drug-likeness (QED) is 0.178. The Bertz CT molecular complexity index is 1620. The van der Waals surface area contributed by atoms with E-state index in [0.29, 0.717) is 18.7 Å². The van der Waals surface area contributed by atoms with Crippen molar-refractivity contribution in [1.29, 1.82) is 0 Å². The van der Waals surface area contributed by atoms with E-state index in [9.17, 15) is 22.4 Å². The monoisotopic (exact) mass is 713 g/mol. The molecule has 224 valence electrons. The van der Waals surface area contributed by atoms with E-state index in [-0.39, 0.29) is 23.4 Å². The highest BCUT2D eigenvalue weighted by Crippen LogP contribution is 2.26. The average molecular weight is 714 g/mol. The van der Waals surface area contributed by atoms with Crippen molar-refractivity contribution >= 4 is 50.1 Å². The van der Waals surface area contributed by atoms with Crippen LogP contribution in [0.4, 0.5) is 10.1 Å². The third kappa shape index (κ3) is 8.41. The summed E-state index contributed by atoms with van der Waals surface area (Å²) in [4.78, 5) is 29.2. The number of halogens is 2. The van der Waals surface area contributed by atoms with Crippen molar-refractivity contribution in [2.24, 2.45) is 0 Å². The fourth-order valence-corrected chi connectivity index (χ4v) is 6.38. The molecule has 0 saturated heterocycles. The minimum absolute atomic E-state index is 0.0172. The molecule has 1 N–H and O–H groups in total. The van der Waals surface area contributed by atoms with Crippen molar-refractivity contribution in [3.05, 3.63) is 130 Å². The normalized spacial score (nSPS) is 11.9. The molecule has 0 aliphatic carbocycles. The summed E-state index contributed by atoms with van der Waals surface area (Å²) in [5.41, 5.74) is 1.30. The first-order chi connectivity index (χ1) is 20.7.